The highest BCUT2D eigenvalue weighted by atomic mass is 35.5. The third kappa shape index (κ3) is 4.49. The zero-order valence-corrected chi connectivity index (χ0v) is 14.5. The molecule has 0 saturated heterocycles. The Morgan fingerprint density at radius 2 is 1.46 bits per heavy atom. The van der Waals surface area contributed by atoms with Crippen LogP contribution in [0.4, 0.5) is 0 Å². The lowest BCUT2D eigenvalue weighted by molar-refractivity contribution is 0.0726. The Hall–Kier alpha value is -3.11. The standard InChI is InChI=1S/C21H15ClO4/c22-16-12-10-15(11-13-16)19(23)14-25-20-9-5-4-8-18(20)21(24)26-17-6-2-1-3-7-17/h1-13H,14H2. The van der Waals surface area contributed by atoms with Crippen molar-refractivity contribution in [2.24, 2.45) is 0 Å². The summed E-state index contributed by atoms with van der Waals surface area (Å²) >= 11 is 5.82. The predicted molar refractivity (Wildman–Crippen MR) is 99.1 cm³/mol. The molecule has 3 aromatic carbocycles. The van der Waals surface area contributed by atoms with E-state index in [1.165, 1.54) is 0 Å². The molecule has 0 atom stereocenters. The SMILES string of the molecule is O=C(COc1ccccc1C(=O)Oc1ccccc1)c1ccc(Cl)cc1. The minimum atomic E-state index is -0.550. The predicted octanol–water partition coefficient (Wildman–Crippen LogP) is 4.82. The van der Waals surface area contributed by atoms with Gasteiger partial charge in [0.2, 0.25) is 0 Å². The van der Waals surface area contributed by atoms with Gasteiger partial charge in [0, 0.05) is 10.6 Å². The maximum Gasteiger partial charge on any atom is 0.347 e. The molecule has 0 amide bonds. The Labute approximate surface area is 155 Å². The average Bonchev–Trinajstić information content (AvgIpc) is 2.67. The van der Waals surface area contributed by atoms with Crippen LogP contribution in [0.3, 0.4) is 0 Å². The first-order valence-corrected chi connectivity index (χ1v) is 8.29. The number of esters is 1. The van der Waals surface area contributed by atoms with Crippen LogP contribution in [0.5, 0.6) is 11.5 Å². The molecular weight excluding hydrogens is 352 g/mol. The van der Waals surface area contributed by atoms with Crippen LogP contribution in [0.2, 0.25) is 5.02 Å². The molecule has 3 rings (SSSR count). The monoisotopic (exact) mass is 366 g/mol. The van der Waals surface area contributed by atoms with Gasteiger partial charge >= 0.3 is 5.97 Å². The molecule has 4 nitrogen and oxygen atoms in total. The van der Waals surface area contributed by atoms with Crippen molar-refractivity contribution < 1.29 is 19.1 Å². The number of rotatable bonds is 6. The number of para-hydroxylation sites is 2. The van der Waals surface area contributed by atoms with Gasteiger partial charge in [0.25, 0.3) is 0 Å². The van der Waals surface area contributed by atoms with Crippen molar-refractivity contribution in [3.63, 3.8) is 0 Å². The van der Waals surface area contributed by atoms with Crippen LogP contribution in [0.25, 0.3) is 0 Å². The van der Waals surface area contributed by atoms with E-state index in [-0.39, 0.29) is 23.7 Å². The molecule has 0 aliphatic carbocycles. The molecule has 0 spiro atoms. The van der Waals surface area contributed by atoms with Crippen molar-refractivity contribution in [1.29, 1.82) is 0 Å². The first-order valence-electron chi connectivity index (χ1n) is 7.91. The topological polar surface area (TPSA) is 52.6 Å². The van der Waals surface area contributed by atoms with Crippen molar-refractivity contribution in [2.45, 2.75) is 0 Å². The van der Waals surface area contributed by atoms with E-state index in [2.05, 4.69) is 0 Å². The number of Topliss-reactive ketones (excluding diaryl/α,β-unsaturated/α-hetero) is 1. The van der Waals surface area contributed by atoms with Crippen LogP contribution in [0, 0.1) is 0 Å². The smallest absolute Gasteiger partial charge is 0.347 e. The maximum atomic E-state index is 12.4. The van der Waals surface area contributed by atoms with Gasteiger partial charge in [-0.25, -0.2) is 4.79 Å². The summed E-state index contributed by atoms with van der Waals surface area (Å²) in [7, 11) is 0. The van der Waals surface area contributed by atoms with Gasteiger partial charge in [-0.05, 0) is 48.5 Å². The molecule has 3 aromatic rings. The van der Waals surface area contributed by atoms with E-state index in [0.29, 0.717) is 16.3 Å². The second-order valence-electron chi connectivity index (χ2n) is 5.42. The Bertz CT molecular complexity index is 905. The van der Waals surface area contributed by atoms with Crippen molar-refractivity contribution in [2.75, 3.05) is 6.61 Å². The van der Waals surface area contributed by atoms with Gasteiger partial charge in [0.1, 0.15) is 17.1 Å². The maximum absolute atomic E-state index is 12.4. The lowest BCUT2D eigenvalue weighted by Crippen LogP contribution is -2.15. The fourth-order valence-corrected chi connectivity index (χ4v) is 2.40. The molecule has 0 fully saturated rings. The Kier molecular flexibility index (Phi) is 5.66. The third-order valence-corrected chi connectivity index (χ3v) is 3.84. The van der Waals surface area contributed by atoms with Crippen LogP contribution in [0.15, 0.2) is 78.9 Å². The average molecular weight is 367 g/mol. The first-order chi connectivity index (χ1) is 12.6. The highest BCUT2D eigenvalue weighted by molar-refractivity contribution is 6.30. The number of ether oxygens (including phenoxy) is 2. The minimum absolute atomic E-state index is 0.197. The summed E-state index contributed by atoms with van der Waals surface area (Å²) in [6.45, 7) is -0.197. The van der Waals surface area contributed by atoms with E-state index in [9.17, 15) is 9.59 Å². The zero-order valence-electron chi connectivity index (χ0n) is 13.7. The Balaban J connectivity index is 1.70. The van der Waals surface area contributed by atoms with Crippen molar-refractivity contribution >= 4 is 23.4 Å². The first kappa shape index (κ1) is 17.7. The highest BCUT2D eigenvalue weighted by Gasteiger charge is 2.16. The second kappa shape index (κ2) is 8.32. The molecule has 5 heteroatoms. The molecule has 0 aromatic heterocycles. The molecule has 0 unspecified atom stereocenters. The van der Waals surface area contributed by atoms with E-state index in [4.69, 9.17) is 21.1 Å². The molecule has 0 heterocycles. The largest absolute Gasteiger partial charge is 0.485 e. The fourth-order valence-electron chi connectivity index (χ4n) is 2.27. The zero-order chi connectivity index (χ0) is 18.4. The quantitative estimate of drug-likeness (QED) is 0.356. The second-order valence-corrected chi connectivity index (χ2v) is 5.85. The molecule has 0 aliphatic heterocycles. The number of carbonyl (C=O) groups excluding carboxylic acids is 2. The molecule has 0 bridgehead atoms. The molecule has 0 aliphatic rings. The van der Waals surface area contributed by atoms with Gasteiger partial charge in [-0.1, -0.05) is 41.9 Å². The van der Waals surface area contributed by atoms with Gasteiger partial charge in [-0.3, -0.25) is 4.79 Å². The summed E-state index contributed by atoms with van der Waals surface area (Å²) in [6.07, 6.45) is 0. The molecule has 0 saturated carbocycles. The van der Waals surface area contributed by atoms with Gasteiger partial charge < -0.3 is 9.47 Å². The third-order valence-electron chi connectivity index (χ3n) is 3.59. The summed E-state index contributed by atoms with van der Waals surface area (Å²) in [5.74, 6) is -0.0427. The lowest BCUT2D eigenvalue weighted by Gasteiger charge is -2.11. The van der Waals surface area contributed by atoms with E-state index in [0.717, 1.165) is 0 Å². The Morgan fingerprint density at radius 1 is 0.808 bits per heavy atom. The summed E-state index contributed by atoms with van der Waals surface area (Å²) in [6, 6.07) is 21.9. The van der Waals surface area contributed by atoms with E-state index < -0.39 is 5.97 Å². The summed E-state index contributed by atoms with van der Waals surface area (Å²) in [4.78, 5) is 24.6. The van der Waals surface area contributed by atoms with Crippen molar-refractivity contribution in [3.05, 3.63) is 95.0 Å². The number of hydrogen-bond donors (Lipinski definition) is 0. The van der Waals surface area contributed by atoms with E-state index in [1.807, 2.05) is 6.07 Å². The van der Waals surface area contributed by atoms with Crippen molar-refractivity contribution in [3.8, 4) is 11.5 Å². The number of ketones is 1. The van der Waals surface area contributed by atoms with Crippen molar-refractivity contribution in [1.82, 2.24) is 0 Å². The summed E-state index contributed by atoms with van der Waals surface area (Å²) in [5.41, 5.74) is 0.735. The number of hydrogen-bond acceptors (Lipinski definition) is 4. The molecule has 130 valence electrons. The van der Waals surface area contributed by atoms with Crippen LogP contribution in [-0.2, 0) is 0 Å². The van der Waals surface area contributed by atoms with Crippen LogP contribution in [-0.4, -0.2) is 18.4 Å². The molecule has 0 radical (unpaired) electrons. The van der Waals surface area contributed by atoms with Gasteiger partial charge in [-0.15, -0.1) is 0 Å². The summed E-state index contributed by atoms with van der Waals surface area (Å²) in [5, 5.41) is 0.552. The Morgan fingerprint density at radius 3 is 2.19 bits per heavy atom. The highest BCUT2D eigenvalue weighted by Crippen LogP contribution is 2.21. The number of benzene rings is 3. The molecule has 0 N–H and O–H groups in total. The fraction of sp³-hybridized carbons (Fsp3) is 0.0476. The van der Waals surface area contributed by atoms with Gasteiger partial charge in [0.05, 0.1) is 0 Å². The molecular formula is C21H15ClO4. The number of halogens is 1. The lowest BCUT2D eigenvalue weighted by atomic mass is 10.1. The summed E-state index contributed by atoms with van der Waals surface area (Å²) < 4.78 is 10.9. The van der Waals surface area contributed by atoms with Crippen LogP contribution >= 0.6 is 11.6 Å². The van der Waals surface area contributed by atoms with Crippen LogP contribution < -0.4 is 9.47 Å². The van der Waals surface area contributed by atoms with E-state index in [1.54, 1.807) is 72.8 Å². The van der Waals surface area contributed by atoms with Crippen LogP contribution in [0.1, 0.15) is 20.7 Å². The van der Waals surface area contributed by atoms with Gasteiger partial charge in [0.15, 0.2) is 12.4 Å². The molecule has 26 heavy (non-hydrogen) atoms. The minimum Gasteiger partial charge on any atom is -0.485 e. The number of carbonyl (C=O) groups is 2. The van der Waals surface area contributed by atoms with Gasteiger partial charge in [-0.2, -0.15) is 0 Å². The van der Waals surface area contributed by atoms with E-state index >= 15 is 0 Å². The normalized spacial score (nSPS) is 10.2.